The summed E-state index contributed by atoms with van der Waals surface area (Å²) >= 11 is 7.94. The Labute approximate surface area is 287 Å². The minimum Gasteiger partial charge on any atom is -0.492 e. The fourth-order valence-electron chi connectivity index (χ4n) is 7.57. The molecule has 4 aromatic carbocycles. The highest BCUT2D eigenvalue weighted by atomic mass is 79.9. The highest BCUT2D eigenvalue weighted by Gasteiger charge is 2.52. The van der Waals surface area contributed by atoms with Crippen molar-refractivity contribution in [1.82, 2.24) is 0 Å². The minimum absolute atomic E-state index is 0.417. The monoisotopic (exact) mass is 728 g/mol. The molecule has 2 aliphatic carbocycles. The SMILES string of the molecule is CCCCC(CC)COc1cc2c(cc1Br)C1(c3ccccc3-c3ccccc31)c1cc(Br)c(OCC(CC)CCCC)cc1-2. The van der Waals surface area contributed by atoms with Gasteiger partial charge >= 0.3 is 0 Å². The van der Waals surface area contributed by atoms with Crippen molar-refractivity contribution in [3.05, 3.63) is 104 Å². The van der Waals surface area contributed by atoms with E-state index in [9.17, 15) is 0 Å². The van der Waals surface area contributed by atoms with Gasteiger partial charge in [0.05, 0.1) is 27.6 Å². The van der Waals surface area contributed by atoms with Gasteiger partial charge in [-0.2, -0.15) is 0 Å². The van der Waals surface area contributed by atoms with E-state index in [1.165, 1.54) is 83.0 Å². The van der Waals surface area contributed by atoms with Crippen LogP contribution >= 0.6 is 31.9 Å². The quantitative estimate of drug-likeness (QED) is 0.111. The van der Waals surface area contributed by atoms with Gasteiger partial charge in [0.25, 0.3) is 0 Å². The van der Waals surface area contributed by atoms with Gasteiger partial charge in [0.1, 0.15) is 11.5 Å². The van der Waals surface area contributed by atoms with Crippen molar-refractivity contribution in [3.63, 3.8) is 0 Å². The molecule has 0 saturated heterocycles. The van der Waals surface area contributed by atoms with Crippen LogP contribution in [0, 0.1) is 11.8 Å². The van der Waals surface area contributed by atoms with E-state index in [0.29, 0.717) is 11.8 Å². The highest BCUT2D eigenvalue weighted by Crippen LogP contribution is 2.64. The van der Waals surface area contributed by atoms with Gasteiger partial charge in [-0.15, -0.1) is 0 Å². The molecule has 0 amide bonds. The van der Waals surface area contributed by atoms with Crippen molar-refractivity contribution < 1.29 is 9.47 Å². The fraction of sp³-hybridized carbons (Fsp3) is 0.415. The van der Waals surface area contributed by atoms with Crippen molar-refractivity contribution >= 4 is 31.9 Å². The van der Waals surface area contributed by atoms with Crippen LogP contribution in [0.3, 0.4) is 0 Å². The van der Waals surface area contributed by atoms with Gasteiger partial charge in [-0.05, 0) is 125 Å². The molecule has 0 fully saturated rings. The van der Waals surface area contributed by atoms with E-state index in [4.69, 9.17) is 9.47 Å². The Bertz CT molecular complexity index is 1530. The lowest BCUT2D eigenvalue weighted by Crippen LogP contribution is -2.26. The Kier molecular flexibility index (Phi) is 10.1. The van der Waals surface area contributed by atoms with Gasteiger partial charge in [0, 0.05) is 0 Å². The van der Waals surface area contributed by atoms with Crippen LogP contribution in [0.1, 0.15) is 101 Å². The van der Waals surface area contributed by atoms with Crippen LogP contribution in [-0.4, -0.2) is 13.2 Å². The van der Waals surface area contributed by atoms with Crippen LogP contribution in [0.15, 0.2) is 81.7 Å². The van der Waals surface area contributed by atoms with Crippen molar-refractivity contribution in [2.45, 2.75) is 84.5 Å². The lowest BCUT2D eigenvalue weighted by Gasteiger charge is -2.31. The third-order valence-corrected chi connectivity index (χ3v) is 11.5. The minimum atomic E-state index is -0.417. The van der Waals surface area contributed by atoms with E-state index in [2.05, 4.69) is 132 Å². The van der Waals surface area contributed by atoms with Crippen molar-refractivity contribution in [2.24, 2.45) is 11.8 Å². The van der Waals surface area contributed by atoms with Crippen molar-refractivity contribution in [1.29, 1.82) is 0 Å². The zero-order valence-corrected chi connectivity index (χ0v) is 30.4. The standard InChI is InChI=1S/C41H46Br2O2/c1-5-9-15-27(7-3)25-44-39-21-31-32-22-40(45-26-28(8-4)16-10-6-2)38(43)24-36(32)41(35(31)23-37(39)42)33-19-13-11-17-29(33)30-18-12-14-20-34(30)41/h11-14,17-24,27-28H,5-10,15-16,25-26H2,1-4H3. The zero-order chi connectivity index (χ0) is 31.6. The van der Waals surface area contributed by atoms with Crippen LogP contribution in [0.4, 0.5) is 0 Å². The predicted molar refractivity (Wildman–Crippen MR) is 196 cm³/mol. The molecule has 6 rings (SSSR count). The zero-order valence-electron chi connectivity index (χ0n) is 27.2. The maximum Gasteiger partial charge on any atom is 0.134 e. The van der Waals surface area contributed by atoms with Crippen LogP contribution in [0.2, 0.25) is 0 Å². The third kappa shape index (κ3) is 5.80. The molecular weight excluding hydrogens is 684 g/mol. The van der Waals surface area contributed by atoms with Gasteiger partial charge < -0.3 is 9.47 Å². The number of unbranched alkanes of at least 4 members (excludes halogenated alkanes) is 2. The number of fused-ring (bicyclic) bond motifs is 10. The molecule has 2 nitrogen and oxygen atoms in total. The summed E-state index contributed by atoms with van der Waals surface area (Å²) in [5.74, 6) is 2.96. The van der Waals surface area contributed by atoms with E-state index < -0.39 is 5.41 Å². The molecule has 4 aromatic rings. The first kappa shape index (κ1) is 32.4. The summed E-state index contributed by atoms with van der Waals surface area (Å²) in [5, 5.41) is 0. The molecule has 45 heavy (non-hydrogen) atoms. The molecular formula is C41H46Br2O2. The summed E-state index contributed by atoms with van der Waals surface area (Å²) in [4.78, 5) is 0. The van der Waals surface area contributed by atoms with Crippen LogP contribution in [0.25, 0.3) is 22.3 Å². The molecule has 0 N–H and O–H groups in total. The Hall–Kier alpha value is -2.56. The molecule has 4 heteroatoms. The molecule has 2 aliphatic rings. The van der Waals surface area contributed by atoms with E-state index in [1.807, 2.05) is 0 Å². The van der Waals surface area contributed by atoms with Crippen LogP contribution in [0.5, 0.6) is 11.5 Å². The summed E-state index contributed by atoms with van der Waals surface area (Å²) in [5.41, 5.74) is 9.92. The van der Waals surface area contributed by atoms with Crippen LogP contribution < -0.4 is 9.47 Å². The third-order valence-electron chi connectivity index (χ3n) is 10.2. The lowest BCUT2D eigenvalue weighted by atomic mass is 9.70. The van der Waals surface area contributed by atoms with E-state index in [-0.39, 0.29) is 0 Å². The smallest absolute Gasteiger partial charge is 0.134 e. The molecule has 0 aromatic heterocycles. The second kappa shape index (κ2) is 14.1. The van der Waals surface area contributed by atoms with E-state index >= 15 is 0 Å². The number of ether oxygens (including phenoxy) is 2. The van der Waals surface area contributed by atoms with Gasteiger partial charge in [-0.25, -0.2) is 0 Å². The topological polar surface area (TPSA) is 18.5 Å². The molecule has 0 aliphatic heterocycles. The molecule has 2 atom stereocenters. The number of halogens is 2. The van der Waals surface area contributed by atoms with Gasteiger partial charge in [0.2, 0.25) is 0 Å². The summed E-state index contributed by atoms with van der Waals surface area (Å²) in [6.45, 7) is 10.6. The Morgan fingerprint density at radius 1 is 0.556 bits per heavy atom. The number of benzene rings is 4. The number of rotatable bonds is 14. The number of hydrogen-bond acceptors (Lipinski definition) is 2. The Morgan fingerprint density at radius 2 is 0.978 bits per heavy atom. The van der Waals surface area contributed by atoms with Crippen molar-refractivity contribution in [3.8, 4) is 33.8 Å². The molecule has 0 saturated carbocycles. The van der Waals surface area contributed by atoms with Crippen LogP contribution in [-0.2, 0) is 5.41 Å². The molecule has 0 radical (unpaired) electrons. The van der Waals surface area contributed by atoms with Gasteiger partial charge in [-0.3, -0.25) is 0 Å². The molecule has 2 unspecified atom stereocenters. The number of hydrogen-bond donors (Lipinski definition) is 0. The normalized spacial score (nSPS) is 14.9. The first-order chi connectivity index (χ1) is 22.0. The highest BCUT2D eigenvalue weighted by molar-refractivity contribution is 9.11. The summed E-state index contributed by atoms with van der Waals surface area (Å²) < 4.78 is 15.3. The maximum atomic E-state index is 6.61. The molecule has 236 valence electrons. The second-order valence-corrected chi connectivity index (χ2v) is 14.7. The Balaban J connectivity index is 1.50. The second-order valence-electron chi connectivity index (χ2n) is 13.0. The average Bonchev–Trinajstić information content (AvgIpc) is 3.51. The summed E-state index contributed by atoms with van der Waals surface area (Å²) in [6.07, 6.45) is 9.62. The molecule has 0 bridgehead atoms. The maximum absolute atomic E-state index is 6.61. The Morgan fingerprint density at radius 3 is 1.38 bits per heavy atom. The van der Waals surface area contributed by atoms with Gasteiger partial charge in [0.15, 0.2) is 0 Å². The van der Waals surface area contributed by atoms with Crippen molar-refractivity contribution in [2.75, 3.05) is 13.2 Å². The lowest BCUT2D eigenvalue weighted by molar-refractivity contribution is 0.232. The summed E-state index contributed by atoms with van der Waals surface area (Å²) in [7, 11) is 0. The first-order valence-corrected chi connectivity index (χ1v) is 18.7. The summed E-state index contributed by atoms with van der Waals surface area (Å²) in [6, 6.07) is 27.2. The molecule has 0 heterocycles. The van der Waals surface area contributed by atoms with E-state index in [1.54, 1.807) is 0 Å². The van der Waals surface area contributed by atoms with E-state index in [0.717, 1.165) is 46.5 Å². The first-order valence-electron chi connectivity index (χ1n) is 17.1. The predicted octanol–water partition coefficient (Wildman–Crippen LogP) is 12.7. The average molecular weight is 731 g/mol. The van der Waals surface area contributed by atoms with Gasteiger partial charge in [-0.1, -0.05) is 115 Å². The largest absolute Gasteiger partial charge is 0.492 e. The fourth-order valence-corrected chi connectivity index (χ4v) is 8.48. The molecule has 1 spiro atoms.